The molecular formula is C11H22N+. The molecule has 2 fully saturated rings. The zero-order valence-corrected chi connectivity index (χ0v) is 8.10. The van der Waals surface area contributed by atoms with Crippen LogP contribution in [-0.2, 0) is 0 Å². The molecule has 2 aliphatic rings. The largest absolute Gasteiger partial charge is 0.344 e. The van der Waals surface area contributed by atoms with Crippen LogP contribution in [0.5, 0.6) is 0 Å². The molecule has 1 saturated heterocycles. The Morgan fingerprint density at radius 2 is 1.50 bits per heavy atom. The molecule has 2 N–H and O–H groups in total. The summed E-state index contributed by atoms with van der Waals surface area (Å²) in [5.41, 5.74) is 0. The van der Waals surface area contributed by atoms with Crippen LogP contribution >= 0.6 is 0 Å². The van der Waals surface area contributed by atoms with Gasteiger partial charge >= 0.3 is 0 Å². The zero-order chi connectivity index (χ0) is 8.23. The van der Waals surface area contributed by atoms with Crippen molar-refractivity contribution in [2.45, 2.75) is 57.4 Å². The topological polar surface area (TPSA) is 16.6 Å². The van der Waals surface area contributed by atoms with Crippen molar-refractivity contribution >= 4 is 0 Å². The van der Waals surface area contributed by atoms with Crippen LogP contribution in [0.1, 0.15) is 51.4 Å². The molecule has 1 saturated carbocycles. The number of quaternary nitrogens is 1. The van der Waals surface area contributed by atoms with Crippen LogP contribution in [0.4, 0.5) is 0 Å². The molecule has 0 aromatic carbocycles. The number of nitrogens with two attached hydrogens (primary N) is 1. The molecule has 1 aliphatic heterocycles. The average Bonchev–Trinajstić information content (AvgIpc) is 2.21. The first-order chi connectivity index (χ1) is 5.97. The molecule has 0 aromatic rings. The lowest BCUT2D eigenvalue weighted by atomic mass is 9.81. The minimum atomic E-state index is 1.01. The highest BCUT2D eigenvalue weighted by Gasteiger charge is 2.27. The van der Waals surface area contributed by atoms with E-state index in [9.17, 15) is 0 Å². The standard InChI is InChI=1S/C11H21N/c1-2-6-10(7-3-1)11-8-4-5-9-12-11/h10-12H,1-9H2/p+1/t11-/m1/s1. The van der Waals surface area contributed by atoms with Gasteiger partial charge in [-0.05, 0) is 32.1 Å². The summed E-state index contributed by atoms with van der Waals surface area (Å²) in [7, 11) is 0. The molecule has 1 heteroatoms. The summed E-state index contributed by atoms with van der Waals surface area (Å²) in [4.78, 5) is 0. The Morgan fingerprint density at radius 1 is 0.750 bits per heavy atom. The van der Waals surface area contributed by atoms with E-state index in [1.165, 1.54) is 57.9 Å². The quantitative estimate of drug-likeness (QED) is 0.613. The van der Waals surface area contributed by atoms with E-state index in [0.29, 0.717) is 0 Å². The summed E-state index contributed by atoms with van der Waals surface area (Å²) in [5.74, 6) is 1.08. The summed E-state index contributed by atoms with van der Waals surface area (Å²) in [6, 6.07) is 1.01. The minimum Gasteiger partial charge on any atom is -0.344 e. The molecule has 0 aromatic heterocycles. The minimum absolute atomic E-state index is 1.01. The number of hydrogen-bond acceptors (Lipinski definition) is 0. The van der Waals surface area contributed by atoms with Gasteiger partial charge in [-0.1, -0.05) is 19.3 Å². The molecule has 0 unspecified atom stereocenters. The molecule has 70 valence electrons. The van der Waals surface area contributed by atoms with Crippen molar-refractivity contribution in [2.75, 3.05) is 6.54 Å². The Morgan fingerprint density at radius 3 is 2.17 bits per heavy atom. The fourth-order valence-corrected chi connectivity index (χ4v) is 2.96. The summed E-state index contributed by atoms with van der Waals surface area (Å²) in [5, 5.41) is 2.62. The third kappa shape index (κ3) is 2.01. The van der Waals surface area contributed by atoms with E-state index in [-0.39, 0.29) is 0 Å². The first-order valence-corrected chi connectivity index (χ1v) is 5.80. The van der Waals surface area contributed by atoms with Gasteiger partial charge in [0.1, 0.15) is 0 Å². The van der Waals surface area contributed by atoms with Crippen LogP contribution in [0, 0.1) is 5.92 Å². The second kappa shape index (κ2) is 4.27. The van der Waals surface area contributed by atoms with Crippen molar-refractivity contribution in [1.82, 2.24) is 0 Å². The van der Waals surface area contributed by atoms with E-state index in [1.54, 1.807) is 0 Å². The molecule has 1 aliphatic carbocycles. The molecule has 0 bridgehead atoms. The second-order valence-electron chi connectivity index (χ2n) is 4.58. The second-order valence-corrected chi connectivity index (χ2v) is 4.58. The van der Waals surface area contributed by atoms with Crippen molar-refractivity contribution in [3.05, 3.63) is 0 Å². The zero-order valence-electron chi connectivity index (χ0n) is 8.10. The Kier molecular flexibility index (Phi) is 3.04. The highest BCUT2D eigenvalue weighted by Crippen LogP contribution is 2.27. The molecule has 2 rings (SSSR count). The van der Waals surface area contributed by atoms with Crippen molar-refractivity contribution in [3.63, 3.8) is 0 Å². The van der Waals surface area contributed by atoms with Gasteiger partial charge in [0.2, 0.25) is 0 Å². The summed E-state index contributed by atoms with van der Waals surface area (Å²) in [6.07, 6.45) is 12.0. The van der Waals surface area contributed by atoms with Gasteiger partial charge in [0.25, 0.3) is 0 Å². The maximum Gasteiger partial charge on any atom is 0.0887 e. The van der Waals surface area contributed by atoms with Gasteiger partial charge in [-0.25, -0.2) is 0 Å². The van der Waals surface area contributed by atoms with E-state index >= 15 is 0 Å². The lowest BCUT2D eigenvalue weighted by Crippen LogP contribution is -2.92. The van der Waals surface area contributed by atoms with E-state index in [2.05, 4.69) is 5.32 Å². The van der Waals surface area contributed by atoms with E-state index in [4.69, 9.17) is 0 Å². The Bertz CT molecular complexity index is 105. The SMILES string of the molecule is C1CCC([C@H]2CCCC[NH2+]2)CC1. The molecule has 1 nitrogen and oxygen atoms in total. The Labute approximate surface area is 75.9 Å². The third-order valence-electron chi connectivity index (χ3n) is 3.72. The van der Waals surface area contributed by atoms with Crippen LogP contribution in [0.3, 0.4) is 0 Å². The lowest BCUT2D eigenvalue weighted by molar-refractivity contribution is -0.704. The van der Waals surface area contributed by atoms with Crippen LogP contribution < -0.4 is 5.32 Å². The first kappa shape index (κ1) is 8.55. The third-order valence-corrected chi connectivity index (χ3v) is 3.72. The molecule has 1 atom stereocenters. The number of hydrogen-bond donors (Lipinski definition) is 1. The van der Waals surface area contributed by atoms with Gasteiger partial charge in [0.15, 0.2) is 0 Å². The van der Waals surface area contributed by atoms with Gasteiger partial charge in [-0.3, -0.25) is 0 Å². The predicted octanol–water partition coefficient (Wildman–Crippen LogP) is 1.68. The maximum absolute atomic E-state index is 2.62. The van der Waals surface area contributed by atoms with Crippen LogP contribution in [-0.4, -0.2) is 12.6 Å². The van der Waals surface area contributed by atoms with Crippen LogP contribution in [0.15, 0.2) is 0 Å². The first-order valence-electron chi connectivity index (χ1n) is 5.80. The van der Waals surface area contributed by atoms with Crippen molar-refractivity contribution < 1.29 is 5.32 Å². The van der Waals surface area contributed by atoms with Gasteiger partial charge in [0.05, 0.1) is 12.6 Å². The van der Waals surface area contributed by atoms with Gasteiger partial charge < -0.3 is 5.32 Å². The average molecular weight is 168 g/mol. The van der Waals surface area contributed by atoms with Gasteiger partial charge in [-0.2, -0.15) is 0 Å². The van der Waals surface area contributed by atoms with Crippen molar-refractivity contribution in [1.29, 1.82) is 0 Å². The normalized spacial score (nSPS) is 33.5. The molecule has 12 heavy (non-hydrogen) atoms. The smallest absolute Gasteiger partial charge is 0.0887 e. The van der Waals surface area contributed by atoms with Crippen LogP contribution in [0.25, 0.3) is 0 Å². The molecule has 0 amide bonds. The van der Waals surface area contributed by atoms with E-state index in [0.717, 1.165) is 12.0 Å². The molecular weight excluding hydrogens is 146 g/mol. The maximum atomic E-state index is 2.62. The lowest BCUT2D eigenvalue weighted by Gasteiger charge is -2.30. The van der Waals surface area contributed by atoms with Crippen LogP contribution in [0.2, 0.25) is 0 Å². The van der Waals surface area contributed by atoms with Gasteiger partial charge in [0, 0.05) is 5.92 Å². The Balaban J connectivity index is 1.80. The van der Waals surface area contributed by atoms with Crippen molar-refractivity contribution in [2.24, 2.45) is 5.92 Å². The summed E-state index contributed by atoms with van der Waals surface area (Å²) in [6.45, 7) is 1.40. The fraction of sp³-hybridized carbons (Fsp3) is 1.00. The summed E-state index contributed by atoms with van der Waals surface area (Å²) >= 11 is 0. The number of rotatable bonds is 1. The molecule has 1 heterocycles. The van der Waals surface area contributed by atoms with E-state index < -0.39 is 0 Å². The highest BCUT2D eigenvalue weighted by atomic mass is 14.9. The monoisotopic (exact) mass is 168 g/mol. The number of piperidine rings is 1. The Hall–Kier alpha value is -0.0400. The molecule has 0 spiro atoms. The summed E-state index contributed by atoms with van der Waals surface area (Å²) < 4.78 is 0. The van der Waals surface area contributed by atoms with Gasteiger partial charge in [-0.15, -0.1) is 0 Å². The highest BCUT2D eigenvalue weighted by molar-refractivity contribution is 4.73. The van der Waals surface area contributed by atoms with E-state index in [1.807, 2.05) is 0 Å². The van der Waals surface area contributed by atoms with Crippen molar-refractivity contribution in [3.8, 4) is 0 Å². The fourth-order valence-electron chi connectivity index (χ4n) is 2.96. The molecule has 0 radical (unpaired) electrons. The predicted molar refractivity (Wildman–Crippen MR) is 51.0 cm³/mol.